The lowest BCUT2D eigenvalue weighted by Crippen LogP contribution is -2.13. The molecule has 0 spiro atoms. The van der Waals surface area contributed by atoms with Gasteiger partial charge in [0.2, 0.25) is 9.84 Å². The number of fused-ring (bicyclic) bond motifs is 1. The van der Waals surface area contributed by atoms with Gasteiger partial charge in [0.05, 0.1) is 35.1 Å². The fourth-order valence-corrected chi connectivity index (χ4v) is 5.05. The second-order valence-electron chi connectivity index (χ2n) is 6.74. The lowest BCUT2D eigenvalue weighted by molar-refractivity contribution is 0.103. The molecule has 31 heavy (non-hydrogen) atoms. The third-order valence-corrected chi connectivity index (χ3v) is 6.80. The second kappa shape index (κ2) is 8.20. The molecular formula is C24H19NO5S. The molecule has 0 saturated heterocycles. The summed E-state index contributed by atoms with van der Waals surface area (Å²) in [6.45, 7) is 0. The van der Waals surface area contributed by atoms with E-state index in [1.54, 1.807) is 60.7 Å². The van der Waals surface area contributed by atoms with Crippen LogP contribution in [0.1, 0.15) is 15.9 Å². The van der Waals surface area contributed by atoms with Crippen LogP contribution in [0.15, 0.2) is 88.8 Å². The highest BCUT2D eigenvalue weighted by Crippen LogP contribution is 2.37. The van der Waals surface area contributed by atoms with Crippen LogP contribution in [0.4, 0.5) is 0 Å². The van der Waals surface area contributed by atoms with E-state index in [9.17, 15) is 13.2 Å². The standard InChI is InChI=1S/C24H19NO5S/c1-29-21-13-18-20(14-22(21)30-2)25-15-19(23(26)16-9-5-3-6-10-16)24(18)31(27,28)17-11-7-4-8-12-17/h3-15H,1-2H3. The fraction of sp³-hybridized carbons (Fsp3) is 0.0833. The summed E-state index contributed by atoms with van der Waals surface area (Å²) in [5.41, 5.74) is 0.736. The summed E-state index contributed by atoms with van der Waals surface area (Å²) in [6.07, 6.45) is 1.30. The summed E-state index contributed by atoms with van der Waals surface area (Å²) < 4.78 is 38.1. The average Bonchev–Trinajstić information content (AvgIpc) is 2.82. The van der Waals surface area contributed by atoms with Gasteiger partial charge in [-0.3, -0.25) is 9.78 Å². The van der Waals surface area contributed by atoms with Crippen LogP contribution in [0.3, 0.4) is 0 Å². The molecule has 0 bridgehead atoms. The molecule has 156 valence electrons. The zero-order valence-electron chi connectivity index (χ0n) is 16.9. The number of hydrogen-bond acceptors (Lipinski definition) is 6. The van der Waals surface area contributed by atoms with Crippen LogP contribution in [0.2, 0.25) is 0 Å². The Labute approximate surface area is 180 Å². The Kier molecular flexibility index (Phi) is 5.44. The van der Waals surface area contributed by atoms with Gasteiger partial charge in [-0.2, -0.15) is 0 Å². The van der Waals surface area contributed by atoms with Crippen LogP contribution in [0.25, 0.3) is 10.9 Å². The van der Waals surface area contributed by atoms with Gasteiger partial charge in [-0.15, -0.1) is 0 Å². The zero-order chi connectivity index (χ0) is 22.0. The first-order chi connectivity index (χ1) is 15.0. The number of nitrogens with zero attached hydrogens (tertiary/aromatic N) is 1. The minimum atomic E-state index is -4.05. The molecule has 0 radical (unpaired) electrons. The average molecular weight is 433 g/mol. The highest BCUT2D eigenvalue weighted by atomic mass is 32.2. The van der Waals surface area contributed by atoms with E-state index in [1.807, 2.05) is 0 Å². The van der Waals surface area contributed by atoms with Crippen molar-refractivity contribution in [3.8, 4) is 11.5 Å². The van der Waals surface area contributed by atoms with E-state index in [0.29, 0.717) is 22.6 Å². The molecule has 0 N–H and O–H groups in total. The van der Waals surface area contributed by atoms with Crippen LogP contribution in [0.5, 0.6) is 11.5 Å². The van der Waals surface area contributed by atoms with Gasteiger partial charge in [0, 0.05) is 23.2 Å². The molecule has 7 heteroatoms. The van der Waals surface area contributed by atoms with Gasteiger partial charge in [-0.25, -0.2) is 8.42 Å². The topological polar surface area (TPSA) is 82.6 Å². The van der Waals surface area contributed by atoms with Gasteiger partial charge in [0.1, 0.15) is 0 Å². The second-order valence-corrected chi connectivity index (χ2v) is 8.62. The predicted octanol–water partition coefficient (Wildman–Crippen LogP) is 4.32. The largest absolute Gasteiger partial charge is 0.493 e. The van der Waals surface area contributed by atoms with Gasteiger partial charge in [-0.05, 0) is 18.2 Å². The Balaban J connectivity index is 2.09. The van der Waals surface area contributed by atoms with Crippen LogP contribution in [-0.4, -0.2) is 33.4 Å². The van der Waals surface area contributed by atoms with E-state index < -0.39 is 15.6 Å². The number of ketones is 1. The molecule has 1 heterocycles. The third-order valence-electron chi connectivity index (χ3n) is 4.93. The number of methoxy groups -OCH3 is 2. The van der Waals surface area contributed by atoms with Gasteiger partial charge in [0.25, 0.3) is 0 Å². The molecule has 0 unspecified atom stereocenters. The maximum atomic E-state index is 13.7. The predicted molar refractivity (Wildman–Crippen MR) is 117 cm³/mol. The summed E-state index contributed by atoms with van der Waals surface area (Å²) in [5.74, 6) is 0.317. The van der Waals surface area contributed by atoms with E-state index in [-0.39, 0.29) is 20.7 Å². The molecule has 0 aliphatic rings. The quantitative estimate of drug-likeness (QED) is 0.421. The van der Waals surface area contributed by atoms with Crippen molar-refractivity contribution in [1.29, 1.82) is 0 Å². The SMILES string of the molecule is COc1cc2ncc(C(=O)c3ccccc3)c(S(=O)(=O)c3ccccc3)c2cc1OC. The Morgan fingerprint density at radius 1 is 0.839 bits per heavy atom. The summed E-state index contributed by atoms with van der Waals surface area (Å²) in [6, 6.07) is 19.6. The first-order valence-electron chi connectivity index (χ1n) is 9.42. The van der Waals surface area contributed by atoms with Crippen molar-refractivity contribution in [2.45, 2.75) is 9.79 Å². The number of carbonyl (C=O) groups excluding carboxylic acids is 1. The van der Waals surface area contributed by atoms with Crippen molar-refractivity contribution in [3.63, 3.8) is 0 Å². The van der Waals surface area contributed by atoms with Crippen molar-refractivity contribution in [2.75, 3.05) is 14.2 Å². The summed E-state index contributed by atoms with van der Waals surface area (Å²) in [7, 11) is -1.11. The normalized spacial score (nSPS) is 11.3. The highest BCUT2D eigenvalue weighted by molar-refractivity contribution is 7.91. The molecule has 0 aliphatic heterocycles. The van der Waals surface area contributed by atoms with Crippen molar-refractivity contribution in [2.24, 2.45) is 0 Å². The van der Waals surface area contributed by atoms with E-state index in [2.05, 4.69) is 4.98 Å². The van der Waals surface area contributed by atoms with Crippen molar-refractivity contribution in [1.82, 2.24) is 4.98 Å². The summed E-state index contributed by atoms with van der Waals surface area (Å²) in [4.78, 5) is 17.6. The Morgan fingerprint density at radius 3 is 2.03 bits per heavy atom. The number of pyridine rings is 1. The van der Waals surface area contributed by atoms with Crippen molar-refractivity contribution < 1.29 is 22.7 Å². The molecule has 0 amide bonds. The Morgan fingerprint density at radius 2 is 1.42 bits per heavy atom. The zero-order valence-corrected chi connectivity index (χ0v) is 17.7. The molecule has 0 aliphatic carbocycles. The van der Waals surface area contributed by atoms with E-state index in [1.165, 1.54) is 32.5 Å². The maximum Gasteiger partial charge on any atom is 0.208 e. The van der Waals surface area contributed by atoms with E-state index in [0.717, 1.165) is 0 Å². The molecular weight excluding hydrogens is 414 g/mol. The lowest BCUT2D eigenvalue weighted by atomic mass is 10.0. The fourth-order valence-electron chi connectivity index (χ4n) is 3.41. The number of aromatic nitrogens is 1. The van der Waals surface area contributed by atoms with Crippen molar-refractivity contribution >= 4 is 26.5 Å². The number of hydrogen-bond donors (Lipinski definition) is 0. The Bertz CT molecular complexity index is 1370. The van der Waals surface area contributed by atoms with Crippen LogP contribution >= 0.6 is 0 Å². The minimum Gasteiger partial charge on any atom is -0.493 e. The Hall–Kier alpha value is -3.71. The molecule has 4 rings (SSSR count). The molecule has 0 atom stereocenters. The van der Waals surface area contributed by atoms with E-state index >= 15 is 0 Å². The molecule has 0 fully saturated rings. The van der Waals surface area contributed by atoms with Gasteiger partial charge >= 0.3 is 0 Å². The van der Waals surface area contributed by atoms with Crippen LogP contribution in [-0.2, 0) is 9.84 Å². The van der Waals surface area contributed by atoms with Gasteiger partial charge in [-0.1, -0.05) is 48.5 Å². The van der Waals surface area contributed by atoms with Gasteiger partial charge in [0.15, 0.2) is 17.3 Å². The van der Waals surface area contributed by atoms with Crippen LogP contribution < -0.4 is 9.47 Å². The number of carbonyl (C=O) groups is 1. The van der Waals surface area contributed by atoms with Crippen molar-refractivity contribution in [3.05, 3.63) is 90.1 Å². The maximum absolute atomic E-state index is 13.7. The lowest BCUT2D eigenvalue weighted by Gasteiger charge is -2.15. The first-order valence-corrected chi connectivity index (χ1v) is 10.9. The number of rotatable bonds is 6. The number of benzene rings is 3. The van der Waals surface area contributed by atoms with Gasteiger partial charge < -0.3 is 9.47 Å². The minimum absolute atomic E-state index is 0.00484. The molecule has 1 aromatic heterocycles. The molecule has 0 saturated carbocycles. The number of ether oxygens (including phenoxy) is 2. The monoisotopic (exact) mass is 433 g/mol. The van der Waals surface area contributed by atoms with E-state index in [4.69, 9.17) is 9.47 Å². The molecule has 6 nitrogen and oxygen atoms in total. The highest BCUT2D eigenvalue weighted by Gasteiger charge is 2.29. The smallest absolute Gasteiger partial charge is 0.208 e. The van der Waals surface area contributed by atoms with Crippen LogP contribution in [0, 0.1) is 0 Å². The molecule has 4 aromatic rings. The summed E-state index contributed by atoms with van der Waals surface area (Å²) in [5, 5.41) is 0.281. The third kappa shape index (κ3) is 3.64. The number of sulfone groups is 1. The summed E-state index contributed by atoms with van der Waals surface area (Å²) >= 11 is 0. The first kappa shape index (κ1) is 20.6. The molecule has 3 aromatic carbocycles.